The zero-order valence-corrected chi connectivity index (χ0v) is 14.2. The minimum atomic E-state index is -0.737. The molecule has 2 atom stereocenters. The number of ether oxygens (including phenoxy) is 1. The first-order chi connectivity index (χ1) is 11.5. The number of aliphatic hydroxyl groups is 1. The Morgan fingerprint density at radius 3 is 2.79 bits per heavy atom. The maximum atomic E-state index is 12.0. The molecule has 0 saturated carbocycles. The Balaban J connectivity index is 1.77. The standard InChI is InChI=1S/C18H24N2O4/c1-12-9-14(6-7-16(12)23-3)11-19-18(22)20-13(2)10-15(21)17-5-4-8-24-17/h4-9,13,15,21H,10-11H2,1-3H3,(H2,19,20,22). The minimum absolute atomic E-state index is 0.192. The predicted molar refractivity (Wildman–Crippen MR) is 90.8 cm³/mol. The largest absolute Gasteiger partial charge is 0.496 e. The third-order valence-corrected chi connectivity index (χ3v) is 3.74. The number of furan rings is 1. The van der Waals surface area contributed by atoms with Crippen LogP contribution in [0.4, 0.5) is 4.79 Å². The van der Waals surface area contributed by atoms with Gasteiger partial charge in [0.25, 0.3) is 0 Å². The molecule has 0 aliphatic heterocycles. The zero-order chi connectivity index (χ0) is 17.5. The van der Waals surface area contributed by atoms with Gasteiger partial charge in [-0.25, -0.2) is 4.79 Å². The Morgan fingerprint density at radius 1 is 1.38 bits per heavy atom. The van der Waals surface area contributed by atoms with Gasteiger partial charge in [0.2, 0.25) is 0 Å². The zero-order valence-electron chi connectivity index (χ0n) is 14.2. The summed E-state index contributed by atoms with van der Waals surface area (Å²) in [6, 6.07) is 8.74. The van der Waals surface area contributed by atoms with E-state index in [-0.39, 0.29) is 12.1 Å². The van der Waals surface area contributed by atoms with Crippen molar-refractivity contribution in [3.63, 3.8) is 0 Å². The first-order valence-corrected chi connectivity index (χ1v) is 7.89. The Hall–Kier alpha value is -2.47. The van der Waals surface area contributed by atoms with Crippen LogP contribution in [-0.2, 0) is 6.54 Å². The summed E-state index contributed by atoms with van der Waals surface area (Å²) in [7, 11) is 1.63. The lowest BCUT2D eigenvalue weighted by Crippen LogP contribution is -2.41. The number of urea groups is 1. The molecule has 0 fully saturated rings. The Bertz CT molecular complexity index is 655. The van der Waals surface area contributed by atoms with E-state index in [1.807, 2.05) is 32.0 Å². The molecule has 0 aliphatic carbocycles. The highest BCUT2D eigenvalue weighted by Gasteiger charge is 2.16. The highest BCUT2D eigenvalue weighted by atomic mass is 16.5. The van der Waals surface area contributed by atoms with Crippen LogP contribution in [0.2, 0.25) is 0 Å². The van der Waals surface area contributed by atoms with Gasteiger partial charge in [-0.15, -0.1) is 0 Å². The van der Waals surface area contributed by atoms with Gasteiger partial charge in [-0.1, -0.05) is 12.1 Å². The monoisotopic (exact) mass is 332 g/mol. The summed E-state index contributed by atoms with van der Waals surface area (Å²) in [5, 5.41) is 15.6. The van der Waals surface area contributed by atoms with Gasteiger partial charge in [0.15, 0.2) is 0 Å². The number of benzene rings is 1. The van der Waals surface area contributed by atoms with Gasteiger partial charge < -0.3 is 24.9 Å². The molecule has 2 aromatic rings. The van der Waals surface area contributed by atoms with E-state index in [4.69, 9.17) is 9.15 Å². The smallest absolute Gasteiger partial charge is 0.315 e. The molecule has 2 rings (SSSR count). The van der Waals surface area contributed by atoms with E-state index < -0.39 is 6.10 Å². The number of hydrogen-bond acceptors (Lipinski definition) is 4. The molecule has 1 heterocycles. The van der Waals surface area contributed by atoms with Crippen LogP contribution >= 0.6 is 0 Å². The maximum absolute atomic E-state index is 12.0. The number of carbonyl (C=O) groups excluding carboxylic acids is 1. The average Bonchev–Trinajstić information content (AvgIpc) is 3.07. The molecule has 24 heavy (non-hydrogen) atoms. The van der Waals surface area contributed by atoms with Gasteiger partial charge in [0.05, 0.1) is 13.4 Å². The van der Waals surface area contributed by atoms with Gasteiger partial charge in [-0.05, 0) is 43.2 Å². The molecule has 130 valence electrons. The fourth-order valence-corrected chi connectivity index (χ4v) is 2.50. The number of rotatable bonds is 7. The molecule has 0 radical (unpaired) electrons. The van der Waals surface area contributed by atoms with E-state index in [1.165, 1.54) is 6.26 Å². The molecule has 1 aromatic carbocycles. The molecule has 6 heteroatoms. The number of methoxy groups -OCH3 is 1. The van der Waals surface area contributed by atoms with Crippen LogP contribution in [0.15, 0.2) is 41.0 Å². The maximum Gasteiger partial charge on any atom is 0.315 e. The summed E-state index contributed by atoms with van der Waals surface area (Å²) in [5.41, 5.74) is 2.01. The van der Waals surface area contributed by atoms with Crippen molar-refractivity contribution in [2.75, 3.05) is 7.11 Å². The number of carbonyl (C=O) groups is 1. The van der Waals surface area contributed by atoms with Gasteiger partial charge in [-0.2, -0.15) is 0 Å². The summed E-state index contributed by atoms with van der Waals surface area (Å²) in [4.78, 5) is 12.0. The van der Waals surface area contributed by atoms with Gasteiger partial charge in [0, 0.05) is 19.0 Å². The van der Waals surface area contributed by atoms with Crippen LogP contribution in [0.5, 0.6) is 5.75 Å². The lowest BCUT2D eigenvalue weighted by atomic mass is 10.1. The second-order valence-corrected chi connectivity index (χ2v) is 5.80. The molecule has 0 saturated heterocycles. The number of nitrogens with one attached hydrogen (secondary N) is 2. The van der Waals surface area contributed by atoms with E-state index >= 15 is 0 Å². The fourth-order valence-electron chi connectivity index (χ4n) is 2.50. The summed E-state index contributed by atoms with van der Waals surface area (Å²) < 4.78 is 10.4. The van der Waals surface area contributed by atoms with Crippen LogP contribution < -0.4 is 15.4 Å². The number of hydrogen-bond donors (Lipinski definition) is 3. The van der Waals surface area contributed by atoms with Gasteiger partial charge in [0.1, 0.15) is 17.6 Å². The molecule has 6 nitrogen and oxygen atoms in total. The van der Waals surface area contributed by atoms with E-state index in [0.29, 0.717) is 18.7 Å². The van der Waals surface area contributed by atoms with Crippen LogP contribution in [0.3, 0.4) is 0 Å². The molecular formula is C18H24N2O4. The quantitative estimate of drug-likeness (QED) is 0.728. The lowest BCUT2D eigenvalue weighted by molar-refractivity contribution is 0.129. The highest BCUT2D eigenvalue weighted by molar-refractivity contribution is 5.74. The lowest BCUT2D eigenvalue weighted by Gasteiger charge is -2.17. The van der Waals surface area contributed by atoms with Crippen molar-refractivity contribution < 1.29 is 19.1 Å². The molecule has 1 aromatic heterocycles. The third-order valence-electron chi connectivity index (χ3n) is 3.74. The number of aliphatic hydroxyl groups excluding tert-OH is 1. The molecule has 3 N–H and O–H groups in total. The molecule has 0 bridgehead atoms. The van der Waals surface area contributed by atoms with E-state index in [9.17, 15) is 9.90 Å². The molecule has 0 aliphatic rings. The Morgan fingerprint density at radius 2 is 2.17 bits per heavy atom. The van der Waals surface area contributed by atoms with Crippen molar-refractivity contribution in [1.82, 2.24) is 10.6 Å². The first kappa shape index (κ1) is 17.9. The number of amides is 2. The Kier molecular flexibility index (Phi) is 6.26. The summed E-state index contributed by atoms with van der Waals surface area (Å²) in [6.45, 7) is 4.22. The minimum Gasteiger partial charge on any atom is -0.496 e. The SMILES string of the molecule is COc1ccc(CNC(=O)NC(C)CC(O)c2ccco2)cc1C. The summed E-state index contributed by atoms with van der Waals surface area (Å²) >= 11 is 0. The molecule has 2 amide bonds. The normalized spacial score (nSPS) is 13.2. The van der Waals surface area contributed by atoms with Crippen molar-refractivity contribution in [2.45, 2.75) is 39.0 Å². The van der Waals surface area contributed by atoms with Crippen LogP contribution in [0, 0.1) is 6.92 Å². The van der Waals surface area contributed by atoms with Crippen molar-refractivity contribution in [3.8, 4) is 5.75 Å². The van der Waals surface area contributed by atoms with Crippen molar-refractivity contribution in [1.29, 1.82) is 0 Å². The topological polar surface area (TPSA) is 83.7 Å². The van der Waals surface area contributed by atoms with Crippen molar-refractivity contribution in [2.24, 2.45) is 0 Å². The molecule has 0 spiro atoms. The van der Waals surface area contributed by atoms with E-state index in [1.54, 1.807) is 19.2 Å². The van der Waals surface area contributed by atoms with Crippen LogP contribution in [-0.4, -0.2) is 24.3 Å². The van der Waals surface area contributed by atoms with Crippen LogP contribution in [0.1, 0.15) is 36.3 Å². The van der Waals surface area contributed by atoms with E-state index in [0.717, 1.165) is 16.9 Å². The van der Waals surface area contributed by atoms with E-state index in [2.05, 4.69) is 10.6 Å². The van der Waals surface area contributed by atoms with Crippen molar-refractivity contribution in [3.05, 3.63) is 53.5 Å². The van der Waals surface area contributed by atoms with Crippen molar-refractivity contribution >= 4 is 6.03 Å². The summed E-state index contributed by atoms with van der Waals surface area (Å²) in [5.74, 6) is 1.32. The first-order valence-electron chi connectivity index (χ1n) is 7.89. The average molecular weight is 332 g/mol. The number of aryl methyl sites for hydroxylation is 1. The summed E-state index contributed by atoms with van der Waals surface area (Å²) in [6.07, 6.45) is 1.16. The second kappa shape index (κ2) is 8.40. The molecular weight excluding hydrogens is 308 g/mol. The Labute approximate surface area is 141 Å². The fraction of sp³-hybridized carbons (Fsp3) is 0.389. The van der Waals surface area contributed by atoms with Gasteiger partial charge in [-0.3, -0.25) is 0 Å². The molecule has 2 unspecified atom stereocenters. The highest BCUT2D eigenvalue weighted by Crippen LogP contribution is 2.19. The van der Waals surface area contributed by atoms with Crippen LogP contribution in [0.25, 0.3) is 0 Å². The predicted octanol–water partition coefficient (Wildman–Crippen LogP) is 2.91. The third kappa shape index (κ3) is 5.03. The second-order valence-electron chi connectivity index (χ2n) is 5.80. The van der Waals surface area contributed by atoms with Gasteiger partial charge >= 0.3 is 6.03 Å².